The quantitative estimate of drug-likeness (QED) is 0.567. The van der Waals surface area contributed by atoms with Crippen LogP contribution in [0.1, 0.15) is 0 Å². The Balaban J connectivity index is 0.00000112. The molecule has 1 heterocycles. The predicted molar refractivity (Wildman–Crippen MR) is 61.9 cm³/mol. The molecule has 74 valence electrons. The zero-order valence-electron chi connectivity index (χ0n) is 7.55. The molecule has 0 saturated carbocycles. The number of benzene rings is 1. The molecule has 15 heavy (non-hydrogen) atoms. The molecule has 2 aromatic rings. The third-order valence-corrected chi connectivity index (χ3v) is 2.10. The first-order valence-electron chi connectivity index (χ1n) is 4.15. The Kier molecular flexibility index (Phi) is 3.73. The van der Waals surface area contributed by atoms with Crippen LogP contribution >= 0.6 is 0 Å². The number of fused-ring (bicyclic) bond motifs is 1. The first-order valence-corrected chi connectivity index (χ1v) is 4.15. The van der Waals surface area contributed by atoms with Gasteiger partial charge >= 0.3 is 29.6 Å². The van der Waals surface area contributed by atoms with Gasteiger partial charge in [-0.3, -0.25) is 19.8 Å². The van der Waals surface area contributed by atoms with Crippen molar-refractivity contribution in [3.8, 4) is 0 Å². The molecule has 0 saturated heterocycles. The molecule has 0 bridgehead atoms. The summed E-state index contributed by atoms with van der Waals surface area (Å²) in [5.74, 6) is 0. The van der Waals surface area contributed by atoms with Gasteiger partial charge in [0.15, 0.2) is 0 Å². The van der Waals surface area contributed by atoms with Gasteiger partial charge in [-0.2, -0.15) is 0 Å². The standard InChI is InChI=1S/C9H9N3O2.Na.H/c1-10-6-4-2-3-5-7(6)9(14)12-11-8(5)13;;/h2-4,10H,1H3,(H,11,13)(H,12,14);;. The van der Waals surface area contributed by atoms with E-state index in [1.807, 2.05) is 0 Å². The Bertz CT molecular complexity index is 588. The fraction of sp³-hybridized carbons (Fsp3) is 0.111. The number of anilines is 1. The van der Waals surface area contributed by atoms with Crippen LogP contribution in [-0.4, -0.2) is 46.8 Å². The van der Waals surface area contributed by atoms with Gasteiger partial charge in [0.05, 0.1) is 10.8 Å². The van der Waals surface area contributed by atoms with Gasteiger partial charge in [0, 0.05) is 12.7 Å². The van der Waals surface area contributed by atoms with E-state index in [2.05, 4.69) is 15.5 Å². The number of H-pyrrole nitrogens is 2. The number of hydrogen-bond donors (Lipinski definition) is 3. The molecule has 1 aromatic heterocycles. The van der Waals surface area contributed by atoms with Crippen molar-refractivity contribution in [1.82, 2.24) is 10.2 Å². The van der Waals surface area contributed by atoms with E-state index in [1.165, 1.54) is 0 Å². The van der Waals surface area contributed by atoms with Crippen molar-refractivity contribution in [2.24, 2.45) is 0 Å². The first-order chi connectivity index (χ1) is 6.74. The molecule has 0 aliphatic carbocycles. The Morgan fingerprint density at radius 3 is 2.47 bits per heavy atom. The van der Waals surface area contributed by atoms with Crippen molar-refractivity contribution in [2.45, 2.75) is 0 Å². The van der Waals surface area contributed by atoms with E-state index < -0.39 is 0 Å². The number of nitrogens with one attached hydrogen (secondary N) is 3. The summed E-state index contributed by atoms with van der Waals surface area (Å²) < 4.78 is 0. The third-order valence-electron chi connectivity index (χ3n) is 2.10. The Morgan fingerprint density at radius 1 is 1.13 bits per heavy atom. The average Bonchev–Trinajstić information content (AvgIpc) is 2.23. The van der Waals surface area contributed by atoms with Gasteiger partial charge < -0.3 is 5.32 Å². The minimum atomic E-state index is -0.301. The molecule has 2 rings (SSSR count). The number of rotatable bonds is 1. The van der Waals surface area contributed by atoms with Crippen LogP contribution in [0.3, 0.4) is 0 Å². The maximum atomic E-state index is 11.4. The first kappa shape index (κ1) is 12.0. The SMILES string of the molecule is CNc1cccc2c(=O)[nH][nH]c(=O)c12.[NaH]. The van der Waals surface area contributed by atoms with Gasteiger partial charge in [-0.15, -0.1) is 0 Å². The van der Waals surface area contributed by atoms with Gasteiger partial charge in [-0.05, 0) is 12.1 Å². The fourth-order valence-corrected chi connectivity index (χ4v) is 1.44. The minimum absolute atomic E-state index is 0. The molecule has 3 N–H and O–H groups in total. The summed E-state index contributed by atoms with van der Waals surface area (Å²) in [7, 11) is 1.70. The van der Waals surface area contributed by atoms with Gasteiger partial charge in [0.1, 0.15) is 0 Å². The molecular formula is C9H10N3NaO2. The van der Waals surface area contributed by atoms with Crippen molar-refractivity contribution in [3.63, 3.8) is 0 Å². The van der Waals surface area contributed by atoms with E-state index in [4.69, 9.17) is 0 Å². The molecule has 0 aliphatic heterocycles. The average molecular weight is 215 g/mol. The molecular weight excluding hydrogens is 205 g/mol. The van der Waals surface area contributed by atoms with Crippen LogP contribution in [-0.2, 0) is 0 Å². The monoisotopic (exact) mass is 215 g/mol. The number of aromatic nitrogens is 2. The van der Waals surface area contributed by atoms with Crippen molar-refractivity contribution in [2.75, 3.05) is 12.4 Å². The second kappa shape index (κ2) is 4.65. The second-order valence-electron chi connectivity index (χ2n) is 2.89. The summed E-state index contributed by atoms with van der Waals surface area (Å²) in [6.07, 6.45) is 0. The van der Waals surface area contributed by atoms with Crippen molar-refractivity contribution in [1.29, 1.82) is 0 Å². The molecule has 0 radical (unpaired) electrons. The summed E-state index contributed by atoms with van der Waals surface area (Å²) in [5, 5.41) is 8.20. The molecule has 0 atom stereocenters. The van der Waals surface area contributed by atoms with E-state index in [0.717, 1.165) is 0 Å². The third kappa shape index (κ3) is 1.99. The Labute approximate surface area is 107 Å². The molecule has 5 nitrogen and oxygen atoms in total. The summed E-state index contributed by atoms with van der Waals surface area (Å²) in [6, 6.07) is 5.09. The van der Waals surface area contributed by atoms with Gasteiger partial charge in [-0.25, -0.2) is 0 Å². The van der Waals surface area contributed by atoms with Crippen molar-refractivity contribution < 1.29 is 0 Å². The summed E-state index contributed by atoms with van der Waals surface area (Å²) >= 11 is 0. The van der Waals surface area contributed by atoms with Crippen molar-refractivity contribution >= 4 is 46.0 Å². The molecule has 0 fully saturated rings. The van der Waals surface area contributed by atoms with Gasteiger partial charge in [-0.1, -0.05) is 6.07 Å². The van der Waals surface area contributed by atoms with E-state index in [-0.39, 0.29) is 40.7 Å². The maximum absolute atomic E-state index is 11.4. The van der Waals surface area contributed by atoms with Crippen LogP contribution in [0.15, 0.2) is 27.8 Å². The molecule has 0 spiro atoms. The van der Waals surface area contributed by atoms with Crippen LogP contribution < -0.4 is 16.4 Å². The van der Waals surface area contributed by atoms with Crippen LogP contribution in [0, 0.1) is 0 Å². The van der Waals surface area contributed by atoms with E-state index in [9.17, 15) is 9.59 Å². The predicted octanol–water partition coefficient (Wildman–Crippen LogP) is -0.390. The number of aromatic amines is 2. The molecule has 0 unspecified atom stereocenters. The zero-order valence-corrected chi connectivity index (χ0v) is 7.55. The Morgan fingerprint density at radius 2 is 1.80 bits per heavy atom. The molecule has 0 amide bonds. The normalized spacial score (nSPS) is 9.67. The summed E-state index contributed by atoms with van der Waals surface area (Å²) in [5.41, 5.74) is 0.0519. The summed E-state index contributed by atoms with van der Waals surface area (Å²) in [6.45, 7) is 0. The van der Waals surface area contributed by atoms with E-state index in [1.54, 1.807) is 25.2 Å². The number of hydrogen-bond acceptors (Lipinski definition) is 3. The van der Waals surface area contributed by atoms with Gasteiger partial charge in [0.2, 0.25) is 0 Å². The van der Waals surface area contributed by atoms with Crippen LogP contribution in [0.25, 0.3) is 10.8 Å². The van der Waals surface area contributed by atoms with E-state index in [0.29, 0.717) is 16.5 Å². The second-order valence-corrected chi connectivity index (χ2v) is 2.89. The summed E-state index contributed by atoms with van der Waals surface area (Å²) in [4.78, 5) is 22.8. The zero-order chi connectivity index (χ0) is 10.1. The van der Waals surface area contributed by atoms with Crippen LogP contribution in [0.4, 0.5) is 5.69 Å². The topological polar surface area (TPSA) is 77.8 Å². The Hall–Kier alpha value is -1.04. The molecule has 6 heteroatoms. The molecule has 1 aromatic carbocycles. The van der Waals surface area contributed by atoms with Gasteiger partial charge in [0.25, 0.3) is 11.1 Å². The van der Waals surface area contributed by atoms with Crippen molar-refractivity contribution in [3.05, 3.63) is 38.9 Å². The van der Waals surface area contributed by atoms with E-state index >= 15 is 0 Å². The van der Waals surface area contributed by atoms with Crippen LogP contribution in [0.5, 0.6) is 0 Å². The fourth-order valence-electron chi connectivity index (χ4n) is 1.44. The van der Waals surface area contributed by atoms with Crippen LogP contribution in [0.2, 0.25) is 0 Å². The molecule has 0 aliphatic rings.